The Hall–Kier alpha value is -1.85. The lowest BCUT2D eigenvalue weighted by Crippen LogP contribution is -2.51. The molecule has 2 aromatic rings. The van der Waals surface area contributed by atoms with E-state index in [-0.39, 0.29) is 18.1 Å². The van der Waals surface area contributed by atoms with Crippen molar-refractivity contribution >= 4 is 16.8 Å². The highest BCUT2D eigenvalue weighted by Gasteiger charge is 2.33. The fourth-order valence-electron chi connectivity index (χ4n) is 4.37. The number of carbonyl (C=O) groups is 1. The van der Waals surface area contributed by atoms with Crippen LogP contribution in [0.5, 0.6) is 0 Å². The molecule has 1 amide bonds. The Morgan fingerprint density at radius 1 is 1.24 bits per heavy atom. The van der Waals surface area contributed by atoms with Crippen LogP contribution in [-0.4, -0.2) is 65.1 Å². The SMILES string of the molecule is CC1CN(CC2CCCN2C(=O)c2cc3ccccc3[nH]2)CC(C)O1. The molecule has 3 heterocycles. The molecule has 1 aromatic carbocycles. The van der Waals surface area contributed by atoms with Crippen molar-refractivity contribution in [3.05, 3.63) is 36.0 Å². The van der Waals surface area contributed by atoms with Crippen LogP contribution < -0.4 is 0 Å². The number of nitrogens with zero attached hydrogens (tertiary/aromatic N) is 2. The molecule has 25 heavy (non-hydrogen) atoms. The average Bonchev–Trinajstić information content (AvgIpc) is 3.19. The van der Waals surface area contributed by atoms with Gasteiger partial charge < -0.3 is 14.6 Å². The third-order valence-electron chi connectivity index (χ3n) is 5.36. The van der Waals surface area contributed by atoms with Gasteiger partial charge in [-0.25, -0.2) is 0 Å². The quantitative estimate of drug-likeness (QED) is 0.934. The normalized spacial score (nSPS) is 27.9. The smallest absolute Gasteiger partial charge is 0.270 e. The first-order valence-electron chi connectivity index (χ1n) is 9.36. The molecule has 5 nitrogen and oxygen atoms in total. The van der Waals surface area contributed by atoms with E-state index in [1.807, 2.05) is 30.3 Å². The molecule has 5 heteroatoms. The van der Waals surface area contributed by atoms with Crippen molar-refractivity contribution in [1.82, 2.24) is 14.8 Å². The summed E-state index contributed by atoms with van der Waals surface area (Å²) in [4.78, 5) is 20.9. The Labute approximate surface area is 148 Å². The second-order valence-electron chi connectivity index (χ2n) is 7.54. The topological polar surface area (TPSA) is 48.6 Å². The van der Waals surface area contributed by atoms with Crippen LogP contribution in [0, 0.1) is 0 Å². The number of hydrogen-bond acceptors (Lipinski definition) is 3. The molecule has 2 fully saturated rings. The van der Waals surface area contributed by atoms with Crippen LogP contribution in [-0.2, 0) is 4.74 Å². The number of carbonyl (C=O) groups excluding carboxylic acids is 1. The second-order valence-corrected chi connectivity index (χ2v) is 7.54. The van der Waals surface area contributed by atoms with Gasteiger partial charge in [0.1, 0.15) is 5.69 Å². The first kappa shape index (κ1) is 16.6. The Bertz CT molecular complexity index is 713. The maximum Gasteiger partial charge on any atom is 0.270 e. The molecule has 2 aliphatic heterocycles. The largest absolute Gasteiger partial charge is 0.373 e. The summed E-state index contributed by atoms with van der Waals surface area (Å²) in [6.07, 6.45) is 2.71. The van der Waals surface area contributed by atoms with E-state index in [4.69, 9.17) is 4.74 Å². The van der Waals surface area contributed by atoms with Crippen LogP contribution in [0.2, 0.25) is 0 Å². The van der Waals surface area contributed by atoms with E-state index < -0.39 is 0 Å². The average molecular weight is 341 g/mol. The number of nitrogens with one attached hydrogen (secondary N) is 1. The fraction of sp³-hybridized carbons (Fsp3) is 0.550. The minimum atomic E-state index is 0.132. The van der Waals surface area contributed by atoms with E-state index in [9.17, 15) is 4.79 Å². The number of ether oxygens (including phenoxy) is 1. The van der Waals surface area contributed by atoms with Crippen molar-refractivity contribution in [3.63, 3.8) is 0 Å². The number of H-pyrrole nitrogens is 1. The van der Waals surface area contributed by atoms with Crippen LogP contribution >= 0.6 is 0 Å². The predicted molar refractivity (Wildman–Crippen MR) is 98.8 cm³/mol. The standard InChI is InChI=1S/C20H27N3O2/c1-14-11-22(12-15(2)25-14)13-17-7-5-9-23(17)20(24)19-10-16-6-3-4-8-18(16)21-19/h3-4,6,8,10,14-15,17,21H,5,7,9,11-13H2,1-2H3. The van der Waals surface area contributed by atoms with Gasteiger partial charge in [-0.05, 0) is 38.8 Å². The highest BCUT2D eigenvalue weighted by atomic mass is 16.5. The van der Waals surface area contributed by atoms with E-state index in [2.05, 4.69) is 28.6 Å². The zero-order chi connectivity index (χ0) is 17.4. The summed E-state index contributed by atoms with van der Waals surface area (Å²) in [5, 5.41) is 1.09. The van der Waals surface area contributed by atoms with Crippen LogP contribution in [0.15, 0.2) is 30.3 Å². The Kier molecular flexibility index (Phi) is 4.52. The summed E-state index contributed by atoms with van der Waals surface area (Å²) < 4.78 is 5.83. The highest BCUT2D eigenvalue weighted by Crippen LogP contribution is 2.24. The number of fused-ring (bicyclic) bond motifs is 1. The van der Waals surface area contributed by atoms with Crippen LogP contribution in [0.4, 0.5) is 0 Å². The van der Waals surface area contributed by atoms with Gasteiger partial charge in [0, 0.05) is 43.1 Å². The number of aromatic amines is 1. The number of para-hydroxylation sites is 1. The molecule has 0 radical (unpaired) electrons. The molecule has 0 spiro atoms. The third-order valence-corrected chi connectivity index (χ3v) is 5.36. The minimum Gasteiger partial charge on any atom is -0.373 e. The fourth-order valence-corrected chi connectivity index (χ4v) is 4.37. The lowest BCUT2D eigenvalue weighted by molar-refractivity contribution is -0.0715. The first-order chi connectivity index (χ1) is 12.1. The minimum absolute atomic E-state index is 0.132. The Balaban J connectivity index is 1.48. The molecule has 2 saturated heterocycles. The van der Waals surface area contributed by atoms with Gasteiger partial charge in [-0.1, -0.05) is 18.2 Å². The van der Waals surface area contributed by atoms with Gasteiger partial charge in [0.05, 0.1) is 12.2 Å². The van der Waals surface area contributed by atoms with Crippen molar-refractivity contribution in [2.24, 2.45) is 0 Å². The number of rotatable bonds is 3. The third kappa shape index (κ3) is 3.44. The van der Waals surface area contributed by atoms with Gasteiger partial charge in [-0.15, -0.1) is 0 Å². The lowest BCUT2D eigenvalue weighted by Gasteiger charge is -2.38. The van der Waals surface area contributed by atoms with E-state index in [0.29, 0.717) is 11.7 Å². The van der Waals surface area contributed by atoms with Gasteiger partial charge in [-0.3, -0.25) is 9.69 Å². The summed E-state index contributed by atoms with van der Waals surface area (Å²) in [6, 6.07) is 10.3. The molecule has 0 bridgehead atoms. The summed E-state index contributed by atoms with van der Waals surface area (Å²) in [5.41, 5.74) is 1.73. The molecule has 3 atom stereocenters. The van der Waals surface area contributed by atoms with Crippen LogP contribution in [0.1, 0.15) is 37.2 Å². The Morgan fingerprint density at radius 2 is 2.00 bits per heavy atom. The highest BCUT2D eigenvalue weighted by molar-refractivity contribution is 5.98. The zero-order valence-electron chi connectivity index (χ0n) is 15.1. The number of benzene rings is 1. The molecule has 2 aliphatic rings. The maximum absolute atomic E-state index is 13.0. The molecule has 134 valence electrons. The summed E-state index contributed by atoms with van der Waals surface area (Å²) in [7, 11) is 0. The van der Waals surface area contributed by atoms with Gasteiger partial charge in [-0.2, -0.15) is 0 Å². The van der Waals surface area contributed by atoms with Crippen molar-refractivity contribution in [2.45, 2.75) is 44.9 Å². The summed E-state index contributed by atoms with van der Waals surface area (Å²) in [5.74, 6) is 0.132. The molecule has 0 saturated carbocycles. The molecular formula is C20H27N3O2. The van der Waals surface area contributed by atoms with Crippen molar-refractivity contribution in [2.75, 3.05) is 26.2 Å². The van der Waals surface area contributed by atoms with Crippen LogP contribution in [0.3, 0.4) is 0 Å². The zero-order valence-corrected chi connectivity index (χ0v) is 15.1. The number of hydrogen-bond donors (Lipinski definition) is 1. The monoisotopic (exact) mass is 341 g/mol. The van der Waals surface area contributed by atoms with E-state index in [0.717, 1.165) is 49.9 Å². The molecule has 1 N–H and O–H groups in total. The number of likely N-dealkylation sites (tertiary alicyclic amines) is 1. The van der Waals surface area contributed by atoms with Crippen molar-refractivity contribution < 1.29 is 9.53 Å². The summed E-state index contributed by atoms with van der Waals surface area (Å²) in [6.45, 7) is 7.97. The number of amides is 1. The lowest BCUT2D eigenvalue weighted by atomic mass is 10.1. The van der Waals surface area contributed by atoms with Gasteiger partial charge in [0.2, 0.25) is 0 Å². The van der Waals surface area contributed by atoms with E-state index in [1.54, 1.807) is 0 Å². The number of morpholine rings is 1. The second kappa shape index (κ2) is 6.81. The van der Waals surface area contributed by atoms with Crippen molar-refractivity contribution in [3.8, 4) is 0 Å². The van der Waals surface area contributed by atoms with Gasteiger partial charge in [0.25, 0.3) is 5.91 Å². The van der Waals surface area contributed by atoms with Crippen LogP contribution in [0.25, 0.3) is 10.9 Å². The molecule has 4 rings (SSSR count). The molecular weight excluding hydrogens is 314 g/mol. The van der Waals surface area contributed by atoms with Gasteiger partial charge in [0.15, 0.2) is 0 Å². The molecule has 3 unspecified atom stereocenters. The van der Waals surface area contributed by atoms with E-state index in [1.165, 1.54) is 0 Å². The summed E-state index contributed by atoms with van der Waals surface area (Å²) >= 11 is 0. The van der Waals surface area contributed by atoms with E-state index >= 15 is 0 Å². The van der Waals surface area contributed by atoms with Gasteiger partial charge >= 0.3 is 0 Å². The van der Waals surface area contributed by atoms with Crippen molar-refractivity contribution in [1.29, 1.82) is 0 Å². The molecule has 0 aliphatic carbocycles. The first-order valence-corrected chi connectivity index (χ1v) is 9.36. The molecule has 1 aromatic heterocycles. The predicted octanol–water partition coefficient (Wildman–Crippen LogP) is 2.88. The number of aromatic nitrogens is 1. The maximum atomic E-state index is 13.0. The Morgan fingerprint density at radius 3 is 2.76 bits per heavy atom.